The molecule has 31 heavy (non-hydrogen) atoms. The summed E-state index contributed by atoms with van der Waals surface area (Å²) >= 11 is 5.32. The molecular weight excluding hydrogens is 431 g/mol. The zero-order valence-corrected chi connectivity index (χ0v) is 17.4. The van der Waals surface area contributed by atoms with Crippen LogP contribution in [0.5, 0.6) is 11.5 Å². The first-order chi connectivity index (χ1) is 14.5. The maximum atomic E-state index is 12.7. The molecule has 0 unspecified atom stereocenters. The molecule has 0 radical (unpaired) electrons. The number of alkyl halides is 3. The van der Waals surface area contributed by atoms with E-state index in [0.29, 0.717) is 17.1 Å². The molecule has 0 N–H and O–H groups in total. The summed E-state index contributed by atoms with van der Waals surface area (Å²) in [6, 6.07) is 17.4. The number of benzene rings is 2. The second-order valence-corrected chi connectivity index (χ2v) is 8.18. The van der Waals surface area contributed by atoms with Gasteiger partial charge in [-0.1, -0.05) is 61.9 Å². The highest BCUT2D eigenvalue weighted by Crippen LogP contribution is 2.60. The minimum Gasteiger partial charge on any atom is -0.457 e. The van der Waals surface area contributed by atoms with Crippen LogP contribution < -0.4 is 4.74 Å². The molecule has 1 aliphatic rings. The van der Waals surface area contributed by atoms with Crippen LogP contribution in [0.2, 0.25) is 0 Å². The number of halogens is 4. The lowest BCUT2D eigenvalue weighted by atomic mass is 10.1. The minimum atomic E-state index is -4.68. The maximum Gasteiger partial charge on any atom is 0.426 e. The molecule has 0 bridgehead atoms. The normalized spacial score (nSPS) is 21.0. The Labute approximate surface area is 182 Å². The lowest BCUT2D eigenvalue weighted by molar-refractivity contribution is -0.149. The van der Waals surface area contributed by atoms with E-state index in [1.807, 2.05) is 24.3 Å². The van der Waals surface area contributed by atoms with Crippen LogP contribution >= 0.6 is 11.6 Å². The van der Waals surface area contributed by atoms with Crippen LogP contribution in [-0.2, 0) is 9.53 Å². The van der Waals surface area contributed by atoms with E-state index in [1.54, 1.807) is 50.2 Å². The van der Waals surface area contributed by atoms with Crippen LogP contribution in [0.3, 0.4) is 0 Å². The summed E-state index contributed by atoms with van der Waals surface area (Å²) in [7, 11) is 0. The van der Waals surface area contributed by atoms with E-state index in [-0.39, 0.29) is 0 Å². The molecule has 3 rings (SSSR count). The number of hydrogen-bond acceptors (Lipinski definition) is 4. The molecule has 2 aromatic carbocycles. The Hall–Kier alpha value is -2.98. The van der Waals surface area contributed by atoms with E-state index in [1.165, 1.54) is 0 Å². The van der Waals surface area contributed by atoms with Gasteiger partial charge in [0.1, 0.15) is 22.6 Å². The number of rotatable bonds is 6. The first-order valence-electron chi connectivity index (χ1n) is 9.41. The number of esters is 1. The van der Waals surface area contributed by atoms with Crippen LogP contribution in [0.25, 0.3) is 0 Å². The molecule has 1 saturated carbocycles. The van der Waals surface area contributed by atoms with E-state index in [9.17, 15) is 23.2 Å². The summed E-state index contributed by atoms with van der Waals surface area (Å²) in [6.07, 6.45) is -5.07. The third-order valence-corrected chi connectivity index (χ3v) is 5.59. The topological polar surface area (TPSA) is 59.3 Å². The lowest BCUT2D eigenvalue weighted by Crippen LogP contribution is -2.14. The number of nitriles is 1. The molecule has 1 aliphatic carbocycles. The number of nitrogens with zero attached hydrogens (tertiary/aromatic N) is 1. The van der Waals surface area contributed by atoms with Crippen LogP contribution in [0.1, 0.15) is 25.5 Å². The van der Waals surface area contributed by atoms with Gasteiger partial charge in [0, 0.05) is 5.56 Å². The minimum absolute atomic E-state index is 0.392. The molecule has 0 spiro atoms. The van der Waals surface area contributed by atoms with Crippen molar-refractivity contribution in [1.29, 1.82) is 5.26 Å². The van der Waals surface area contributed by atoms with Gasteiger partial charge in [0.2, 0.25) is 6.10 Å². The highest BCUT2D eigenvalue weighted by Gasteiger charge is 2.62. The second kappa shape index (κ2) is 8.64. The Balaban J connectivity index is 1.72. The van der Waals surface area contributed by atoms with E-state index in [4.69, 9.17) is 21.1 Å². The monoisotopic (exact) mass is 449 g/mol. The van der Waals surface area contributed by atoms with Gasteiger partial charge in [-0.25, -0.2) is 0 Å². The van der Waals surface area contributed by atoms with E-state index < -0.39 is 40.5 Å². The third-order valence-electron chi connectivity index (χ3n) is 5.25. The predicted molar refractivity (Wildman–Crippen MR) is 108 cm³/mol. The van der Waals surface area contributed by atoms with Crippen LogP contribution in [0, 0.1) is 28.6 Å². The molecule has 162 valence electrons. The SMILES string of the molecule is CC1(C)[C@H](C(=O)O[C@@H](C#N)c2cccc(Oc3ccccc3)c2)[C@@H]1/C=C(/Cl)C(F)(F)F. The molecule has 0 heterocycles. The van der Waals surface area contributed by atoms with Crippen molar-refractivity contribution in [3.05, 3.63) is 71.3 Å². The fourth-order valence-electron chi connectivity index (χ4n) is 3.42. The second-order valence-electron chi connectivity index (χ2n) is 7.77. The Morgan fingerprint density at radius 1 is 1.16 bits per heavy atom. The number of carbonyl (C=O) groups excluding carboxylic acids is 1. The lowest BCUT2D eigenvalue weighted by Gasteiger charge is -2.13. The summed E-state index contributed by atoms with van der Waals surface area (Å²) in [5.74, 6) is -1.27. The first-order valence-corrected chi connectivity index (χ1v) is 9.79. The summed E-state index contributed by atoms with van der Waals surface area (Å²) in [5.41, 5.74) is -0.371. The smallest absolute Gasteiger partial charge is 0.426 e. The summed E-state index contributed by atoms with van der Waals surface area (Å²) < 4.78 is 49.2. The molecule has 0 aromatic heterocycles. The third kappa shape index (κ3) is 5.20. The summed E-state index contributed by atoms with van der Waals surface area (Å²) in [5, 5.41) is 8.23. The van der Waals surface area contributed by atoms with E-state index in [0.717, 1.165) is 6.08 Å². The van der Waals surface area contributed by atoms with Crippen LogP contribution in [-0.4, -0.2) is 12.1 Å². The van der Waals surface area contributed by atoms with Gasteiger partial charge in [0.15, 0.2) is 0 Å². The van der Waals surface area contributed by atoms with Gasteiger partial charge in [-0.2, -0.15) is 18.4 Å². The first kappa shape index (κ1) is 22.7. The number of hydrogen-bond donors (Lipinski definition) is 0. The van der Waals surface area contributed by atoms with Crippen LogP contribution in [0.15, 0.2) is 65.7 Å². The predicted octanol–water partition coefficient (Wildman–Crippen LogP) is 6.54. The van der Waals surface area contributed by atoms with Crippen molar-refractivity contribution in [2.45, 2.75) is 26.1 Å². The zero-order chi connectivity index (χ0) is 22.8. The van der Waals surface area contributed by atoms with Gasteiger partial charge in [0.05, 0.1) is 5.92 Å². The van der Waals surface area contributed by atoms with Gasteiger partial charge in [-0.3, -0.25) is 4.79 Å². The van der Waals surface area contributed by atoms with Crippen molar-refractivity contribution in [2.24, 2.45) is 17.3 Å². The van der Waals surface area contributed by atoms with Gasteiger partial charge in [-0.05, 0) is 35.6 Å². The number of para-hydroxylation sites is 1. The fraction of sp³-hybridized carbons (Fsp3) is 0.304. The summed E-state index contributed by atoms with van der Waals surface area (Å²) in [6.45, 7) is 3.30. The van der Waals surface area contributed by atoms with Gasteiger partial charge in [0.25, 0.3) is 0 Å². The standard InChI is InChI=1S/C23H19ClF3NO3/c1-22(2)17(12-19(24)23(25,26)27)20(22)21(29)31-18(13-28)14-7-6-10-16(11-14)30-15-8-4-3-5-9-15/h3-12,17-18,20H,1-2H3/b19-12+/t17-,18-,20-/m0/s1. The molecule has 0 amide bonds. The number of carbonyl (C=O) groups is 1. The molecule has 0 aliphatic heterocycles. The molecule has 2 aromatic rings. The number of allylic oxidation sites excluding steroid dienone is 2. The Morgan fingerprint density at radius 3 is 2.42 bits per heavy atom. The van der Waals surface area contributed by atoms with Crippen LogP contribution in [0.4, 0.5) is 13.2 Å². The zero-order valence-electron chi connectivity index (χ0n) is 16.7. The van der Waals surface area contributed by atoms with E-state index >= 15 is 0 Å². The largest absolute Gasteiger partial charge is 0.457 e. The van der Waals surface area contributed by atoms with E-state index in [2.05, 4.69) is 0 Å². The molecular formula is C23H19ClF3NO3. The van der Waals surface area contributed by atoms with Crippen molar-refractivity contribution >= 4 is 17.6 Å². The molecule has 0 saturated heterocycles. The highest BCUT2D eigenvalue weighted by atomic mass is 35.5. The quantitative estimate of drug-likeness (QED) is 0.469. The number of ether oxygens (including phenoxy) is 2. The fourth-order valence-corrected chi connectivity index (χ4v) is 3.55. The molecule has 4 nitrogen and oxygen atoms in total. The Kier molecular flexibility index (Phi) is 6.33. The Bertz CT molecular complexity index is 1030. The van der Waals surface area contributed by atoms with Gasteiger partial charge < -0.3 is 9.47 Å². The molecule has 1 fully saturated rings. The van der Waals surface area contributed by atoms with Crippen molar-refractivity contribution in [1.82, 2.24) is 0 Å². The molecule has 3 atom stereocenters. The van der Waals surface area contributed by atoms with Gasteiger partial charge >= 0.3 is 12.1 Å². The van der Waals surface area contributed by atoms with Crippen molar-refractivity contribution in [3.63, 3.8) is 0 Å². The highest BCUT2D eigenvalue weighted by molar-refractivity contribution is 6.30. The molecule has 8 heteroatoms. The van der Waals surface area contributed by atoms with Gasteiger partial charge in [-0.15, -0.1) is 0 Å². The Morgan fingerprint density at radius 2 is 1.81 bits per heavy atom. The van der Waals surface area contributed by atoms with Crippen molar-refractivity contribution in [2.75, 3.05) is 0 Å². The average Bonchev–Trinajstić information content (AvgIpc) is 3.26. The maximum absolute atomic E-state index is 12.7. The van der Waals surface area contributed by atoms with Crippen molar-refractivity contribution in [3.8, 4) is 17.6 Å². The average molecular weight is 450 g/mol. The van der Waals surface area contributed by atoms with Crippen molar-refractivity contribution < 1.29 is 27.4 Å². The summed E-state index contributed by atoms with van der Waals surface area (Å²) in [4.78, 5) is 12.6.